The molecule has 2 aromatic carbocycles. The van der Waals surface area contributed by atoms with Crippen LogP contribution in [0.3, 0.4) is 0 Å². The summed E-state index contributed by atoms with van der Waals surface area (Å²) in [6, 6.07) is 13.9. The second kappa shape index (κ2) is 9.48. The van der Waals surface area contributed by atoms with Gasteiger partial charge in [-0.2, -0.15) is 0 Å². The second-order valence-electron chi connectivity index (χ2n) is 10.2. The van der Waals surface area contributed by atoms with Gasteiger partial charge in [-0.3, -0.25) is 9.59 Å². The zero-order valence-electron chi connectivity index (χ0n) is 19.9. The number of fused-ring (bicyclic) bond motifs is 1. The predicted molar refractivity (Wildman–Crippen MR) is 129 cm³/mol. The minimum absolute atomic E-state index is 0.0884. The molecule has 1 aliphatic heterocycles. The zero-order chi connectivity index (χ0) is 22.8. The molecule has 4 heteroatoms. The first-order valence-electron chi connectivity index (χ1n) is 12.1. The summed E-state index contributed by atoms with van der Waals surface area (Å²) in [5.41, 5.74) is 4.60. The Balaban J connectivity index is 1.49. The van der Waals surface area contributed by atoms with Crippen molar-refractivity contribution in [2.75, 3.05) is 6.54 Å². The summed E-state index contributed by atoms with van der Waals surface area (Å²) in [5, 5.41) is 2.99. The van der Waals surface area contributed by atoms with Crippen molar-refractivity contribution in [1.29, 1.82) is 0 Å². The fourth-order valence-corrected chi connectivity index (χ4v) is 5.29. The number of aryl methyl sites for hydroxylation is 1. The number of nitrogens with zero attached hydrogens (tertiary/aromatic N) is 1. The topological polar surface area (TPSA) is 49.4 Å². The number of nitrogens with one attached hydrogen (secondary N) is 1. The molecule has 1 atom stereocenters. The fraction of sp³-hybridized carbons (Fsp3) is 0.500. The monoisotopic (exact) mass is 432 g/mol. The second-order valence-corrected chi connectivity index (χ2v) is 10.2. The largest absolute Gasteiger partial charge is 0.348 e. The maximum absolute atomic E-state index is 13.4. The van der Waals surface area contributed by atoms with Crippen molar-refractivity contribution in [2.45, 2.75) is 66.0 Å². The lowest BCUT2D eigenvalue weighted by atomic mass is 9.82. The van der Waals surface area contributed by atoms with Crippen LogP contribution in [0.15, 0.2) is 42.5 Å². The van der Waals surface area contributed by atoms with Crippen LogP contribution in [0.4, 0.5) is 0 Å². The molecule has 0 saturated heterocycles. The zero-order valence-corrected chi connectivity index (χ0v) is 19.9. The van der Waals surface area contributed by atoms with Gasteiger partial charge in [0, 0.05) is 24.2 Å². The smallest absolute Gasteiger partial charge is 0.254 e. The molecule has 2 aromatic rings. The first-order valence-corrected chi connectivity index (χ1v) is 12.1. The van der Waals surface area contributed by atoms with Crippen molar-refractivity contribution in [3.05, 3.63) is 70.3 Å². The number of hydrogen-bond acceptors (Lipinski definition) is 2. The molecule has 0 spiro atoms. The average Bonchev–Trinajstić information content (AvgIpc) is 3.06. The summed E-state index contributed by atoms with van der Waals surface area (Å²) in [5.74, 6) is 1.68. The molecule has 4 nitrogen and oxygen atoms in total. The van der Waals surface area contributed by atoms with E-state index >= 15 is 0 Å². The Morgan fingerprint density at radius 1 is 1.06 bits per heavy atom. The van der Waals surface area contributed by atoms with Crippen LogP contribution in [0.1, 0.15) is 89.9 Å². The standard InChI is InChI=1S/C28H36N2O2/c1-18(2)26-24-14-13-23(27(31)29-16-21-9-5-19(3)6-10-21)15-25(24)28(32)30(26)17-22-11-7-20(4)8-12-22/h5-6,9-10,13-15,18,20,22,26H,7-8,11-12,16-17H2,1-4H3,(H,29,31)/t20?,22?,26-/m0/s1. The lowest BCUT2D eigenvalue weighted by molar-refractivity contribution is 0.0614. The first-order chi connectivity index (χ1) is 15.3. The fourth-order valence-electron chi connectivity index (χ4n) is 5.29. The maximum Gasteiger partial charge on any atom is 0.254 e. The SMILES string of the molecule is Cc1ccc(CNC(=O)c2ccc3c(c2)C(=O)N(CC2CCC(C)CC2)[C@H]3C(C)C)cc1. The molecular weight excluding hydrogens is 396 g/mol. The van der Waals surface area contributed by atoms with Crippen LogP contribution in [0, 0.1) is 24.7 Å². The summed E-state index contributed by atoms with van der Waals surface area (Å²) in [4.78, 5) is 28.3. The van der Waals surface area contributed by atoms with E-state index in [2.05, 4.69) is 31.0 Å². The molecule has 1 heterocycles. The van der Waals surface area contributed by atoms with Crippen molar-refractivity contribution in [2.24, 2.45) is 17.8 Å². The highest BCUT2D eigenvalue weighted by atomic mass is 16.2. The summed E-state index contributed by atoms with van der Waals surface area (Å²) < 4.78 is 0. The Kier molecular flexibility index (Phi) is 6.68. The lowest BCUT2D eigenvalue weighted by Gasteiger charge is -2.34. The van der Waals surface area contributed by atoms with E-state index in [1.807, 2.05) is 43.3 Å². The molecule has 1 N–H and O–H groups in total. The molecule has 2 amide bonds. The summed E-state index contributed by atoms with van der Waals surface area (Å²) in [6.07, 6.45) is 4.94. The van der Waals surface area contributed by atoms with Gasteiger partial charge in [0.05, 0.1) is 6.04 Å². The Labute approximate surface area is 192 Å². The van der Waals surface area contributed by atoms with Crippen LogP contribution in [-0.2, 0) is 6.54 Å². The third kappa shape index (κ3) is 4.74. The van der Waals surface area contributed by atoms with Gasteiger partial charge in [-0.1, -0.05) is 69.5 Å². The third-order valence-corrected chi connectivity index (χ3v) is 7.26. The molecule has 1 fully saturated rings. The van der Waals surface area contributed by atoms with Crippen LogP contribution >= 0.6 is 0 Å². The van der Waals surface area contributed by atoms with Gasteiger partial charge in [0.1, 0.15) is 0 Å². The Bertz CT molecular complexity index is 971. The van der Waals surface area contributed by atoms with Crippen LogP contribution in [0.25, 0.3) is 0 Å². The van der Waals surface area contributed by atoms with Gasteiger partial charge in [0.15, 0.2) is 0 Å². The van der Waals surface area contributed by atoms with Gasteiger partial charge in [-0.15, -0.1) is 0 Å². The van der Waals surface area contributed by atoms with Crippen molar-refractivity contribution >= 4 is 11.8 Å². The highest BCUT2D eigenvalue weighted by Crippen LogP contribution is 2.41. The molecule has 0 aromatic heterocycles. The summed E-state index contributed by atoms with van der Waals surface area (Å²) >= 11 is 0. The van der Waals surface area contributed by atoms with E-state index in [0.717, 1.165) is 23.6 Å². The van der Waals surface area contributed by atoms with E-state index < -0.39 is 0 Å². The van der Waals surface area contributed by atoms with Gasteiger partial charge in [-0.05, 0) is 60.8 Å². The molecule has 1 saturated carbocycles. The molecule has 0 unspecified atom stereocenters. The van der Waals surface area contributed by atoms with E-state index in [0.29, 0.717) is 29.5 Å². The average molecular weight is 433 g/mol. The summed E-state index contributed by atoms with van der Waals surface area (Å²) in [6.45, 7) is 10.1. The van der Waals surface area contributed by atoms with Crippen molar-refractivity contribution in [1.82, 2.24) is 10.2 Å². The quantitative estimate of drug-likeness (QED) is 0.617. The van der Waals surface area contributed by atoms with E-state index in [9.17, 15) is 9.59 Å². The molecule has 2 aliphatic rings. The molecule has 170 valence electrons. The number of rotatable bonds is 6. The van der Waals surface area contributed by atoms with E-state index in [1.165, 1.54) is 31.2 Å². The minimum Gasteiger partial charge on any atom is -0.348 e. The highest BCUT2D eigenvalue weighted by Gasteiger charge is 2.39. The highest BCUT2D eigenvalue weighted by molar-refractivity contribution is 6.03. The number of amides is 2. The molecule has 4 rings (SSSR count). The number of carbonyl (C=O) groups excluding carboxylic acids is 2. The van der Waals surface area contributed by atoms with Crippen molar-refractivity contribution < 1.29 is 9.59 Å². The van der Waals surface area contributed by atoms with Gasteiger partial charge < -0.3 is 10.2 Å². The summed E-state index contributed by atoms with van der Waals surface area (Å²) in [7, 11) is 0. The van der Waals surface area contributed by atoms with Crippen LogP contribution in [0.5, 0.6) is 0 Å². The van der Waals surface area contributed by atoms with Crippen molar-refractivity contribution in [3.63, 3.8) is 0 Å². The number of carbonyl (C=O) groups is 2. The van der Waals surface area contributed by atoms with E-state index in [4.69, 9.17) is 0 Å². The van der Waals surface area contributed by atoms with Crippen LogP contribution in [0.2, 0.25) is 0 Å². The first kappa shape index (κ1) is 22.6. The molecule has 0 radical (unpaired) electrons. The molecule has 1 aliphatic carbocycles. The van der Waals surface area contributed by atoms with Gasteiger partial charge >= 0.3 is 0 Å². The predicted octanol–water partition coefficient (Wildman–Crippen LogP) is 5.90. The van der Waals surface area contributed by atoms with Crippen molar-refractivity contribution in [3.8, 4) is 0 Å². The minimum atomic E-state index is -0.137. The third-order valence-electron chi connectivity index (χ3n) is 7.26. The van der Waals surface area contributed by atoms with Gasteiger partial charge in [0.2, 0.25) is 0 Å². The van der Waals surface area contributed by atoms with Crippen LogP contribution < -0.4 is 5.32 Å². The normalized spacial score (nSPS) is 22.8. The Morgan fingerprint density at radius 2 is 1.75 bits per heavy atom. The van der Waals surface area contributed by atoms with E-state index in [1.54, 1.807) is 6.07 Å². The van der Waals surface area contributed by atoms with Crippen LogP contribution in [-0.4, -0.2) is 23.3 Å². The molecule has 0 bridgehead atoms. The van der Waals surface area contributed by atoms with E-state index in [-0.39, 0.29) is 17.9 Å². The lowest BCUT2D eigenvalue weighted by Crippen LogP contribution is -2.36. The maximum atomic E-state index is 13.4. The Morgan fingerprint density at radius 3 is 2.41 bits per heavy atom. The van der Waals surface area contributed by atoms with Gasteiger partial charge in [-0.25, -0.2) is 0 Å². The molecular formula is C28H36N2O2. The Hall–Kier alpha value is -2.62. The number of hydrogen-bond donors (Lipinski definition) is 1. The molecule has 32 heavy (non-hydrogen) atoms. The van der Waals surface area contributed by atoms with Gasteiger partial charge in [0.25, 0.3) is 11.8 Å². The number of benzene rings is 2.